The molecule has 0 saturated carbocycles. The monoisotopic (exact) mass is 474 g/mol. The molecule has 0 spiro atoms. The van der Waals surface area contributed by atoms with Gasteiger partial charge in [0.1, 0.15) is 11.6 Å². The highest BCUT2D eigenvalue weighted by atomic mass is 19.1. The van der Waals surface area contributed by atoms with Gasteiger partial charge in [-0.1, -0.05) is 55.0 Å². The first-order valence-corrected chi connectivity index (χ1v) is 12.0. The quantitative estimate of drug-likeness (QED) is 0.518. The lowest BCUT2D eigenvalue weighted by Crippen LogP contribution is -2.40. The van der Waals surface area contributed by atoms with Gasteiger partial charge in [0, 0.05) is 19.5 Å². The molecule has 3 aromatic carbocycles. The van der Waals surface area contributed by atoms with Gasteiger partial charge in [0.25, 0.3) is 5.91 Å². The molecule has 0 bridgehead atoms. The lowest BCUT2D eigenvalue weighted by Gasteiger charge is -2.38. The highest BCUT2D eigenvalue weighted by molar-refractivity contribution is 5.80. The van der Waals surface area contributed by atoms with Crippen LogP contribution in [0.15, 0.2) is 66.7 Å². The van der Waals surface area contributed by atoms with Crippen LogP contribution in [0.1, 0.15) is 54.1 Å². The Balaban J connectivity index is 1.54. The number of hydrogen-bond donors (Lipinski definition) is 1. The topological polar surface area (TPSA) is 58.6 Å². The zero-order chi connectivity index (χ0) is 24.9. The number of fused-ring (bicyclic) bond motifs is 1. The molecule has 3 aromatic rings. The van der Waals surface area contributed by atoms with Crippen molar-refractivity contribution >= 4 is 11.8 Å². The summed E-state index contributed by atoms with van der Waals surface area (Å²) in [6.45, 7) is 6.60. The second-order valence-electron chi connectivity index (χ2n) is 8.97. The minimum absolute atomic E-state index is 0.0418. The van der Waals surface area contributed by atoms with Crippen molar-refractivity contribution in [3.8, 4) is 5.75 Å². The van der Waals surface area contributed by atoms with Gasteiger partial charge in [-0.3, -0.25) is 9.59 Å². The van der Waals surface area contributed by atoms with Gasteiger partial charge < -0.3 is 15.0 Å². The molecule has 6 heteroatoms. The molecule has 1 aliphatic rings. The molecular formula is C29H31FN2O3. The normalized spacial score (nSPS) is 15.8. The van der Waals surface area contributed by atoms with Crippen LogP contribution in [-0.4, -0.2) is 29.4 Å². The highest BCUT2D eigenvalue weighted by Crippen LogP contribution is 2.37. The van der Waals surface area contributed by atoms with Crippen molar-refractivity contribution in [2.45, 2.75) is 52.3 Å². The summed E-state index contributed by atoms with van der Waals surface area (Å²) in [5.74, 6) is 0.0721. The molecule has 5 nitrogen and oxygen atoms in total. The van der Waals surface area contributed by atoms with E-state index in [1.807, 2.05) is 61.2 Å². The maximum atomic E-state index is 13.6. The van der Waals surface area contributed by atoms with Gasteiger partial charge in [-0.2, -0.15) is 0 Å². The van der Waals surface area contributed by atoms with Crippen LogP contribution in [0.5, 0.6) is 5.75 Å². The zero-order valence-corrected chi connectivity index (χ0v) is 20.4. The standard InChI is InChI=1S/C29H31FN2O3/c1-4-27(33)32-15-14-22-10-13-25(17-26(22)28(32)23-8-11-24(30)12-9-23)35-20(3)29(34)31-18-21-7-5-6-19(2)16-21/h5-13,16-17,20,28H,4,14-15,18H2,1-3H3,(H,31,34). The largest absolute Gasteiger partial charge is 0.481 e. The van der Waals surface area contributed by atoms with E-state index < -0.39 is 6.10 Å². The Morgan fingerprint density at radius 3 is 2.60 bits per heavy atom. The number of hydrogen-bond acceptors (Lipinski definition) is 3. The number of benzene rings is 3. The summed E-state index contributed by atoms with van der Waals surface area (Å²) in [4.78, 5) is 27.3. The number of carbonyl (C=O) groups excluding carboxylic acids is 2. The van der Waals surface area contributed by atoms with Crippen molar-refractivity contribution in [3.63, 3.8) is 0 Å². The number of amides is 2. The Hall–Kier alpha value is -3.67. The van der Waals surface area contributed by atoms with Crippen molar-refractivity contribution in [3.05, 3.63) is 100 Å². The molecule has 0 fully saturated rings. The van der Waals surface area contributed by atoms with E-state index in [-0.39, 0.29) is 23.7 Å². The average molecular weight is 475 g/mol. The first kappa shape index (κ1) is 24.5. The molecule has 0 saturated heterocycles. The van der Waals surface area contributed by atoms with Crippen molar-refractivity contribution < 1.29 is 18.7 Å². The predicted molar refractivity (Wildman–Crippen MR) is 134 cm³/mol. The Bertz CT molecular complexity index is 1210. The van der Waals surface area contributed by atoms with Gasteiger partial charge in [0.15, 0.2) is 6.10 Å². The van der Waals surface area contributed by atoms with Crippen LogP contribution in [0.2, 0.25) is 0 Å². The Morgan fingerprint density at radius 1 is 1.11 bits per heavy atom. The Kier molecular flexibility index (Phi) is 7.49. The van der Waals surface area contributed by atoms with Crippen LogP contribution < -0.4 is 10.1 Å². The molecule has 0 aliphatic carbocycles. The molecule has 2 unspecified atom stereocenters. The number of halogens is 1. The van der Waals surface area contributed by atoms with Crippen LogP contribution in [0.25, 0.3) is 0 Å². The van der Waals surface area contributed by atoms with Gasteiger partial charge in [0.2, 0.25) is 5.91 Å². The van der Waals surface area contributed by atoms with Crippen LogP contribution in [0.3, 0.4) is 0 Å². The second-order valence-corrected chi connectivity index (χ2v) is 8.97. The van der Waals surface area contributed by atoms with E-state index in [0.29, 0.717) is 25.3 Å². The van der Waals surface area contributed by atoms with Crippen LogP contribution in [0.4, 0.5) is 4.39 Å². The van der Waals surface area contributed by atoms with E-state index in [4.69, 9.17) is 4.74 Å². The van der Waals surface area contributed by atoms with E-state index in [9.17, 15) is 14.0 Å². The summed E-state index contributed by atoms with van der Waals surface area (Å²) in [6, 6.07) is 19.7. The molecule has 1 heterocycles. The van der Waals surface area contributed by atoms with Crippen LogP contribution >= 0.6 is 0 Å². The van der Waals surface area contributed by atoms with Crippen molar-refractivity contribution in [2.24, 2.45) is 0 Å². The fourth-order valence-corrected chi connectivity index (χ4v) is 4.56. The van der Waals surface area contributed by atoms with Gasteiger partial charge in [-0.05, 0) is 66.8 Å². The molecule has 0 aromatic heterocycles. The van der Waals surface area contributed by atoms with E-state index in [2.05, 4.69) is 5.32 Å². The smallest absolute Gasteiger partial charge is 0.261 e. The maximum absolute atomic E-state index is 13.6. The molecule has 1 aliphatic heterocycles. The fraction of sp³-hybridized carbons (Fsp3) is 0.310. The summed E-state index contributed by atoms with van der Waals surface area (Å²) in [7, 11) is 0. The maximum Gasteiger partial charge on any atom is 0.261 e. The summed E-state index contributed by atoms with van der Waals surface area (Å²) >= 11 is 0. The number of nitrogens with zero attached hydrogens (tertiary/aromatic N) is 1. The van der Waals surface area contributed by atoms with Crippen LogP contribution in [0, 0.1) is 12.7 Å². The third kappa shape index (κ3) is 5.70. The van der Waals surface area contributed by atoms with E-state index in [0.717, 1.165) is 34.2 Å². The molecule has 2 amide bonds. The second kappa shape index (κ2) is 10.7. The first-order chi connectivity index (χ1) is 16.9. The van der Waals surface area contributed by atoms with E-state index in [1.165, 1.54) is 12.1 Å². The lowest BCUT2D eigenvalue weighted by atomic mass is 9.87. The van der Waals surface area contributed by atoms with Gasteiger partial charge in [-0.15, -0.1) is 0 Å². The van der Waals surface area contributed by atoms with E-state index >= 15 is 0 Å². The van der Waals surface area contributed by atoms with Crippen molar-refractivity contribution in [2.75, 3.05) is 6.54 Å². The average Bonchev–Trinajstić information content (AvgIpc) is 2.86. The third-order valence-electron chi connectivity index (χ3n) is 6.39. The van der Waals surface area contributed by atoms with E-state index in [1.54, 1.807) is 19.1 Å². The molecule has 2 atom stereocenters. The number of nitrogens with one attached hydrogen (secondary N) is 1. The zero-order valence-electron chi connectivity index (χ0n) is 20.4. The number of rotatable bonds is 7. The lowest BCUT2D eigenvalue weighted by molar-refractivity contribution is -0.133. The molecule has 35 heavy (non-hydrogen) atoms. The summed E-state index contributed by atoms with van der Waals surface area (Å²) in [5.41, 5.74) is 5.07. The SMILES string of the molecule is CCC(=O)N1CCc2ccc(OC(C)C(=O)NCc3cccc(C)c3)cc2C1c1ccc(F)cc1. The van der Waals surface area contributed by atoms with Crippen molar-refractivity contribution in [1.82, 2.24) is 10.2 Å². The van der Waals surface area contributed by atoms with Crippen LogP contribution in [-0.2, 0) is 22.6 Å². The van der Waals surface area contributed by atoms with Gasteiger partial charge in [0.05, 0.1) is 6.04 Å². The molecule has 1 N–H and O–H groups in total. The minimum atomic E-state index is -0.695. The van der Waals surface area contributed by atoms with Gasteiger partial charge in [-0.25, -0.2) is 4.39 Å². The summed E-state index contributed by atoms with van der Waals surface area (Å²) in [6.07, 6.45) is 0.423. The molecular weight excluding hydrogens is 443 g/mol. The Labute approximate surface area is 205 Å². The molecule has 4 rings (SSSR count). The number of aryl methyl sites for hydroxylation is 1. The minimum Gasteiger partial charge on any atom is -0.481 e. The van der Waals surface area contributed by atoms with Crippen molar-refractivity contribution in [1.29, 1.82) is 0 Å². The number of carbonyl (C=O) groups is 2. The highest BCUT2D eigenvalue weighted by Gasteiger charge is 2.32. The van der Waals surface area contributed by atoms with Gasteiger partial charge >= 0.3 is 0 Å². The Morgan fingerprint density at radius 2 is 1.89 bits per heavy atom. The third-order valence-corrected chi connectivity index (χ3v) is 6.39. The number of ether oxygens (including phenoxy) is 1. The summed E-state index contributed by atoms with van der Waals surface area (Å²) < 4.78 is 19.6. The predicted octanol–water partition coefficient (Wildman–Crippen LogP) is 5.10. The summed E-state index contributed by atoms with van der Waals surface area (Å²) in [5, 5.41) is 2.93. The first-order valence-electron chi connectivity index (χ1n) is 12.0. The molecule has 182 valence electrons. The fourth-order valence-electron chi connectivity index (χ4n) is 4.56. The molecule has 0 radical (unpaired) electrons.